The van der Waals surface area contributed by atoms with E-state index in [9.17, 15) is 4.79 Å². The number of aromatic carboxylic acids is 1. The molecule has 12 heavy (non-hydrogen) atoms. The average Bonchev–Trinajstić information content (AvgIpc) is 1.94. The van der Waals surface area contributed by atoms with Crippen LogP contribution in [0.4, 0.5) is 0 Å². The first-order valence-electron chi connectivity index (χ1n) is 2.97. The van der Waals surface area contributed by atoms with Crippen LogP contribution in [0.25, 0.3) is 0 Å². The van der Waals surface area contributed by atoms with Crippen LogP contribution in [0.1, 0.15) is 16.1 Å². The molecule has 0 saturated heterocycles. The minimum Gasteiger partial charge on any atom is -0.476 e. The Morgan fingerprint density at radius 1 is 1.67 bits per heavy atom. The van der Waals surface area contributed by atoms with Gasteiger partial charge >= 0.3 is 5.97 Å². The van der Waals surface area contributed by atoms with Gasteiger partial charge in [-0.3, -0.25) is 0 Å². The van der Waals surface area contributed by atoms with E-state index in [0.29, 0.717) is 0 Å². The molecular formula is C7H6ClNO2Zn. The van der Waals surface area contributed by atoms with Crippen LogP contribution in [0, 0.1) is 6.92 Å². The number of pyridine rings is 1. The predicted octanol–water partition coefficient (Wildman–Crippen LogP) is 1.74. The molecule has 3 nitrogen and oxygen atoms in total. The van der Waals surface area contributed by atoms with Crippen molar-refractivity contribution in [2.75, 3.05) is 0 Å². The van der Waals surface area contributed by atoms with Gasteiger partial charge in [0, 0.05) is 25.7 Å². The van der Waals surface area contributed by atoms with Crippen molar-refractivity contribution < 1.29 is 29.4 Å². The zero-order valence-corrected chi connectivity index (χ0v) is 10.3. The maximum atomic E-state index is 10.4. The van der Waals surface area contributed by atoms with Gasteiger partial charge in [-0.1, -0.05) is 11.6 Å². The Morgan fingerprint density at radius 3 is 2.67 bits per heavy atom. The first-order valence-corrected chi connectivity index (χ1v) is 3.35. The molecule has 1 N–H and O–H groups in total. The second-order valence-corrected chi connectivity index (χ2v) is 2.47. The van der Waals surface area contributed by atoms with E-state index < -0.39 is 5.97 Å². The number of carbonyl (C=O) groups is 1. The maximum Gasteiger partial charge on any atom is 0.356 e. The number of aromatic nitrogens is 1. The Balaban J connectivity index is 0.00000121. The van der Waals surface area contributed by atoms with Crippen molar-refractivity contribution in [3.05, 3.63) is 28.5 Å². The third kappa shape index (κ3) is 2.26. The van der Waals surface area contributed by atoms with Gasteiger partial charge in [0.1, 0.15) is 0 Å². The molecule has 0 radical (unpaired) electrons. The first-order chi connectivity index (χ1) is 5.13. The minimum atomic E-state index is -1.10. The van der Waals surface area contributed by atoms with E-state index >= 15 is 0 Å². The molecule has 0 aromatic carbocycles. The Hall–Kier alpha value is -0.467. The number of aryl methyl sites for hydroxylation is 1. The van der Waals surface area contributed by atoms with Crippen LogP contribution in [0.3, 0.4) is 0 Å². The normalized spacial score (nSPS) is 8.83. The molecule has 0 unspecified atom stereocenters. The summed E-state index contributed by atoms with van der Waals surface area (Å²) in [6, 6.07) is 1.66. The van der Waals surface area contributed by atoms with E-state index in [2.05, 4.69) is 4.98 Å². The van der Waals surface area contributed by atoms with Crippen LogP contribution in [-0.2, 0) is 19.5 Å². The molecule has 0 aliphatic rings. The summed E-state index contributed by atoms with van der Waals surface area (Å²) in [4.78, 5) is 14.0. The summed E-state index contributed by atoms with van der Waals surface area (Å²) in [5.74, 6) is -1.10. The topological polar surface area (TPSA) is 50.2 Å². The number of hydrogen-bond donors (Lipinski definition) is 1. The van der Waals surface area contributed by atoms with Crippen molar-refractivity contribution in [1.82, 2.24) is 4.98 Å². The molecule has 1 aromatic rings. The van der Waals surface area contributed by atoms with E-state index in [1.165, 1.54) is 6.20 Å². The molecule has 1 heterocycles. The molecule has 0 aliphatic carbocycles. The van der Waals surface area contributed by atoms with Crippen LogP contribution >= 0.6 is 11.6 Å². The van der Waals surface area contributed by atoms with Gasteiger partial charge in [-0.15, -0.1) is 0 Å². The average molecular weight is 237 g/mol. The van der Waals surface area contributed by atoms with Crippen LogP contribution in [0.5, 0.6) is 0 Å². The molecule has 0 aliphatic heterocycles. The number of hydrogen-bond acceptors (Lipinski definition) is 2. The smallest absolute Gasteiger partial charge is 0.356 e. The third-order valence-corrected chi connectivity index (χ3v) is 1.76. The van der Waals surface area contributed by atoms with Gasteiger partial charge in [-0.05, 0) is 18.6 Å². The van der Waals surface area contributed by atoms with E-state index in [1.807, 2.05) is 0 Å². The van der Waals surface area contributed by atoms with Crippen molar-refractivity contribution in [2.24, 2.45) is 0 Å². The molecule has 0 saturated carbocycles. The molecule has 5 heteroatoms. The summed E-state index contributed by atoms with van der Waals surface area (Å²) >= 11 is 5.64. The molecule has 0 fully saturated rings. The summed E-state index contributed by atoms with van der Waals surface area (Å²) < 4.78 is 0. The fourth-order valence-corrected chi connectivity index (χ4v) is 0.882. The molecule has 1 aromatic heterocycles. The van der Waals surface area contributed by atoms with Gasteiger partial charge in [0.25, 0.3) is 0 Å². The van der Waals surface area contributed by atoms with Crippen molar-refractivity contribution >= 4 is 17.6 Å². The first kappa shape index (κ1) is 11.5. The summed E-state index contributed by atoms with van der Waals surface area (Å²) in [6.07, 6.45) is 1.42. The van der Waals surface area contributed by atoms with Gasteiger partial charge in [0.2, 0.25) is 0 Å². The largest absolute Gasteiger partial charge is 0.476 e. The van der Waals surface area contributed by atoms with Crippen molar-refractivity contribution in [3.63, 3.8) is 0 Å². The van der Waals surface area contributed by atoms with E-state index in [0.717, 1.165) is 5.56 Å². The van der Waals surface area contributed by atoms with Gasteiger partial charge < -0.3 is 5.11 Å². The number of carboxylic acid groups (broad SMARTS) is 1. The van der Waals surface area contributed by atoms with Crippen molar-refractivity contribution in [2.45, 2.75) is 6.92 Å². The zero-order valence-electron chi connectivity index (χ0n) is 6.54. The fraction of sp³-hybridized carbons (Fsp3) is 0.143. The summed E-state index contributed by atoms with van der Waals surface area (Å²) in [7, 11) is 0. The molecule has 0 atom stereocenters. The van der Waals surface area contributed by atoms with E-state index in [1.54, 1.807) is 13.0 Å². The number of nitrogens with zero attached hydrogens (tertiary/aromatic N) is 1. The van der Waals surface area contributed by atoms with Crippen molar-refractivity contribution in [3.8, 4) is 0 Å². The molecule has 0 bridgehead atoms. The molecule has 0 spiro atoms. The quantitative estimate of drug-likeness (QED) is 0.756. The van der Waals surface area contributed by atoms with Crippen LogP contribution in [0.15, 0.2) is 12.3 Å². The Labute approximate surface area is 87.5 Å². The molecule has 0 amide bonds. The van der Waals surface area contributed by atoms with Crippen LogP contribution in [0.2, 0.25) is 5.02 Å². The second kappa shape index (κ2) is 4.53. The second-order valence-electron chi connectivity index (χ2n) is 2.10. The van der Waals surface area contributed by atoms with Gasteiger partial charge in [-0.25, -0.2) is 9.78 Å². The number of carboxylic acids is 1. The van der Waals surface area contributed by atoms with Crippen LogP contribution in [-0.4, -0.2) is 16.1 Å². The summed E-state index contributed by atoms with van der Waals surface area (Å²) in [5, 5.41) is 8.75. The Morgan fingerprint density at radius 2 is 2.25 bits per heavy atom. The fourth-order valence-electron chi connectivity index (χ4n) is 0.689. The van der Waals surface area contributed by atoms with E-state index in [4.69, 9.17) is 16.7 Å². The minimum absolute atomic E-state index is 0. The van der Waals surface area contributed by atoms with Gasteiger partial charge in [-0.2, -0.15) is 0 Å². The standard InChI is InChI=1S/C7H6ClNO2.Zn/c1-4-2-3-9-6(5(4)8)7(10)11;/h2-3H,1H3,(H,10,11);. The van der Waals surface area contributed by atoms with E-state index in [-0.39, 0.29) is 30.2 Å². The maximum absolute atomic E-state index is 10.4. The monoisotopic (exact) mass is 235 g/mol. The molecule has 1 rings (SSSR count). The molecular weight excluding hydrogens is 231 g/mol. The third-order valence-electron chi connectivity index (χ3n) is 1.28. The van der Waals surface area contributed by atoms with Gasteiger partial charge in [0.15, 0.2) is 5.69 Å². The number of rotatable bonds is 1. The SMILES string of the molecule is Cc1ccnc(C(=O)O)c1Cl.[Zn]. The Kier molecular flexibility index (Phi) is 4.36. The summed E-state index contributed by atoms with van der Waals surface area (Å²) in [5.41, 5.74) is 0.630. The predicted molar refractivity (Wildman–Crippen MR) is 40.9 cm³/mol. The number of halogens is 1. The van der Waals surface area contributed by atoms with Crippen molar-refractivity contribution in [1.29, 1.82) is 0 Å². The summed E-state index contributed by atoms with van der Waals surface area (Å²) in [6.45, 7) is 1.73. The molecule has 60 valence electrons. The Bertz CT molecular complexity index is 303. The van der Waals surface area contributed by atoms with Gasteiger partial charge in [0.05, 0.1) is 5.02 Å². The zero-order chi connectivity index (χ0) is 8.43. The van der Waals surface area contributed by atoms with Crippen LogP contribution < -0.4 is 0 Å².